The molecule has 9 N–H and O–H groups in total. The Kier molecular flexibility index (Phi) is 14.6. The van der Waals surface area contributed by atoms with Gasteiger partial charge in [-0.05, 0) is 94.3 Å². The molecule has 0 aliphatic carbocycles. The summed E-state index contributed by atoms with van der Waals surface area (Å²) in [5.41, 5.74) is 22.5. The molecule has 0 spiro atoms. The zero-order chi connectivity index (χ0) is 48.8. The van der Waals surface area contributed by atoms with Gasteiger partial charge in [-0.15, -0.1) is 10.2 Å². The molecule has 4 aromatic heterocycles. The Morgan fingerprint density at radius 2 is 0.985 bits per heavy atom. The fraction of sp³-hybridized carbons (Fsp3) is 0.383. The van der Waals surface area contributed by atoms with E-state index in [4.69, 9.17) is 17.2 Å². The molecule has 2 aliphatic heterocycles. The zero-order valence-corrected chi connectivity index (χ0v) is 39.8. The van der Waals surface area contributed by atoms with Crippen molar-refractivity contribution in [1.29, 1.82) is 0 Å². The lowest BCUT2D eigenvalue weighted by Crippen LogP contribution is -2.58. The fourth-order valence-electron chi connectivity index (χ4n) is 8.86. The molecular formula is C47H62N18O3. The molecule has 0 saturated carbocycles. The van der Waals surface area contributed by atoms with Gasteiger partial charge in [-0.2, -0.15) is 19.3 Å². The molecule has 0 radical (unpaired) electrons. The minimum absolute atomic E-state index is 0.00902. The van der Waals surface area contributed by atoms with Crippen LogP contribution in [0.1, 0.15) is 61.8 Å². The van der Waals surface area contributed by atoms with Crippen LogP contribution in [0.25, 0.3) is 11.4 Å². The second kappa shape index (κ2) is 20.7. The first-order chi connectivity index (χ1) is 32.4. The normalized spacial score (nSPS) is 18.2. The number of carbonyl (C=O) groups excluding carboxylic acids is 3. The second-order valence-electron chi connectivity index (χ2n) is 17.8. The molecule has 21 nitrogen and oxygen atoms in total. The predicted octanol–water partition coefficient (Wildman–Crippen LogP) is 5.43. The third-order valence-corrected chi connectivity index (χ3v) is 11.6. The first kappa shape index (κ1) is 48.0. The van der Waals surface area contributed by atoms with Gasteiger partial charge in [0, 0.05) is 118 Å². The van der Waals surface area contributed by atoms with Gasteiger partial charge in [0.1, 0.15) is 11.6 Å². The van der Waals surface area contributed by atoms with Gasteiger partial charge in [0.15, 0.2) is 0 Å². The molecule has 2 fully saturated rings. The summed E-state index contributed by atoms with van der Waals surface area (Å²) in [7, 11) is 0. The number of pyridine rings is 2. The number of benzene rings is 2. The SMILES string of the molecule is CC(=O)N1[C@H](C)CN(c2cc(-n3nc(Nc4ccc(N)cc4)nc3N)ccn2)C[C@@H]1C.CC(=O)N1[C@H](C)CN(c2cc(-n3nc(Nc4ccc(NC(=O)CC(C)C)cc4)nc3N)ccn2)C[C@@H]1C. The van der Waals surface area contributed by atoms with Crippen molar-refractivity contribution in [2.24, 2.45) is 5.92 Å². The Balaban J connectivity index is 0.000000204. The number of piperazine rings is 2. The van der Waals surface area contributed by atoms with Gasteiger partial charge < -0.3 is 52.8 Å². The Hall–Kier alpha value is -7.97. The van der Waals surface area contributed by atoms with E-state index in [0.29, 0.717) is 56.1 Å². The number of rotatable bonds is 11. The van der Waals surface area contributed by atoms with E-state index in [1.165, 1.54) is 0 Å². The molecule has 68 heavy (non-hydrogen) atoms. The average molecular weight is 927 g/mol. The molecule has 2 aromatic carbocycles. The van der Waals surface area contributed by atoms with E-state index >= 15 is 0 Å². The summed E-state index contributed by atoms with van der Waals surface area (Å²) in [5, 5.41) is 18.2. The minimum Gasteiger partial charge on any atom is -0.399 e. The standard InChI is InChI=1S/C26H35N9O2.C21H27N9O/c1-16(2)12-24(37)29-20-6-8-21(9-7-20)30-26-31-25(27)35(32-26)22-10-11-28-23(13-22)33-14-17(3)34(19(5)36)18(4)15-33;1-13-11-28(12-14(2)29(13)15(3)31)19-10-18(8-9-24-19)30-20(23)26-21(27-30)25-17-6-4-16(22)5-7-17/h6-11,13,16-18H,12,14-15H2,1-5H3,(H,29,37)(H3,27,30,31,32);4-10,13-14H,11-12,22H2,1-3H3,(H3,23,25,26,27)/t17-,18+;13-,14+. The van der Waals surface area contributed by atoms with Crippen molar-refractivity contribution in [3.63, 3.8) is 0 Å². The largest absolute Gasteiger partial charge is 0.399 e. The topological polar surface area (TPSA) is 266 Å². The summed E-state index contributed by atoms with van der Waals surface area (Å²) in [5.74, 6) is 3.31. The summed E-state index contributed by atoms with van der Waals surface area (Å²) in [6.07, 6.45) is 3.92. The molecule has 2 saturated heterocycles. The Morgan fingerprint density at radius 1 is 0.603 bits per heavy atom. The van der Waals surface area contributed by atoms with Crippen molar-refractivity contribution in [2.75, 3.05) is 69.1 Å². The lowest BCUT2D eigenvalue weighted by molar-refractivity contribution is -0.134. The van der Waals surface area contributed by atoms with Gasteiger partial charge in [0.05, 0.1) is 11.4 Å². The molecule has 4 atom stereocenters. The average Bonchev–Trinajstić information content (AvgIpc) is 3.84. The number of nitrogens with two attached hydrogens (primary N) is 3. The summed E-state index contributed by atoms with van der Waals surface area (Å²) >= 11 is 0. The van der Waals surface area contributed by atoms with Crippen molar-refractivity contribution in [1.82, 2.24) is 49.3 Å². The van der Waals surface area contributed by atoms with E-state index in [-0.39, 0.29) is 53.8 Å². The van der Waals surface area contributed by atoms with Crippen LogP contribution in [0, 0.1) is 5.92 Å². The fourth-order valence-corrected chi connectivity index (χ4v) is 8.86. The van der Waals surface area contributed by atoms with Crippen molar-refractivity contribution in [3.05, 3.63) is 85.2 Å². The molecule has 0 bridgehead atoms. The van der Waals surface area contributed by atoms with Crippen molar-refractivity contribution in [2.45, 2.75) is 86.0 Å². The Morgan fingerprint density at radius 3 is 1.37 bits per heavy atom. The molecule has 21 heteroatoms. The van der Waals surface area contributed by atoms with Crippen LogP contribution >= 0.6 is 0 Å². The number of nitrogen functional groups attached to an aromatic ring is 3. The highest BCUT2D eigenvalue weighted by atomic mass is 16.2. The number of amides is 3. The van der Waals surface area contributed by atoms with Crippen LogP contribution in [0.5, 0.6) is 0 Å². The van der Waals surface area contributed by atoms with Crippen LogP contribution in [0.4, 0.5) is 58.2 Å². The van der Waals surface area contributed by atoms with E-state index < -0.39 is 0 Å². The third kappa shape index (κ3) is 11.5. The van der Waals surface area contributed by atoms with E-state index in [9.17, 15) is 14.4 Å². The van der Waals surface area contributed by atoms with Crippen molar-refractivity contribution in [3.8, 4) is 11.4 Å². The Labute approximate surface area is 396 Å². The summed E-state index contributed by atoms with van der Waals surface area (Å²) in [6.45, 7) is 18.2. The van der Waals surface area contributed by atoms with Crippen molar-refractivity contribution < 1.29 is 14.4 Å². The summed E-state index contributed by atoms with van der Waals surface area (Å²) < 4.78 is 3.14. The number of aromatic nitrogens is 8. The van der Waals surface area contributed by atoms with Crippen LogP contribution in [-0.4, -0.2) is 117 Å². The highest BCUT2D eigenvalue weighted by Crippen LogP contribution is 2.27. The summed E-state index contributed by atoms with van der Waals surface area (Å²) in [4.78, 5) is 61.9. The van der Waals surface area contributed by atoms with Crippen LogP contribution in [0.15, 0.2) is 85.2 Å². The highest BCUT2D eigenvalue weighted by Gasteiger charge is 2.33. The van der Waals surface area contributed by atoms with E-state index in [2.05, 4.69) is 69.7 Å². The number of anilines is 10. The van der Waals surface area contributed by atoms with E-state index in [1.54, 1.807) is 47.7 Å². The van der Waals surface area contributed by atoms with Gasteiger partial charge in [0.25, 0.3) is 0 Å². The van der Waals surface area contributed by atoms with Crippen LogP contribution in [0.3, 0.4) is 0 Å². The molecule has 2 aliphatic rings. The maximum Gasteiger partial charge on any atom is 0.248 e. The molecule has 6 heterocycles. The van der Waals surface area contributed by atoms with Gasteiger partial charge in [0.2, 0.25) is 41.5 Å². The number of carbonyl (C=O) groups is 3. The molecule has 3 amide bonds. The van der Waals surface area contributed by atoms with Crippen molar-refractivity contribution >= 4 is 75.9 Å². The Bertz CT molecular complexity index is 2680. The minimum atomic E-state index is -0.00902. The van der Waals surface area contributed by atoms with Gasteiger partial charge >= 0.3 is 0 Å². The molecule has 6 aromatic rings. The smallest absolute Gasteiger partial charge is 0.248 e. The molecule has 358 valence electrons. The molecule has 8 rings (SSSR count). The zero-order valence-electron chi connectivity index (χ0n) is 39.8. The van der Waals surface area contributed by atoms with Crippen LogP contribution < -0.4 is 43.0 Å². The molecule has 0 unspecified atom stereocenters. The first-order valence-corrected chi connectivity index (χ1v) is 22.7. The maximum atomic E-state index is 12.0. The first-order valence-electron chi connectivity index (χ1n) is 22.7. The maximum absolute atomic E-state index is 12.0. The molecular weight excluding hydrogens is 865 g/mol. The van der Waals surface area contributed by atoms with Gasteiger partial charge in [-0.3, -0.25) is 14.4 Å². The third-order valence-electron chi connectivity index (χ3n) is 11.6. The highest BCUT2D eigenvalue weighted by molar-refractivity contribution is 5.91. The number of nitrogens with one attached hydrogen (secondary N) is 3. The van der Waals surface area contributed by atoms with E-state index in [1.807, 2.05) is 98.2 Å². The number of hydrogen-bond acceptors (Lipinski definition) is 16. The summed E-state index contributed by atoms with van der Waals surface area (Å²) in [6, 6.07) is 22.5. The van der Waals surface area contributed by atoms with Gasteiger partial charge in [-0.25, -0.2) is 9.97 Å². The monoisotopic (exact) mass is 927 g/mol. The quantitative estimate of drug-likeness (QED) is 0.0884. The van der Waals surface area contributed by atoms with Crippen LogP contribution in [0.2, 0.25) is 0 Å². The predicted molar refractivity (Wildman–Crippen MR) is 266 cm³/mol. The lowest BCUT2D eigenvalue weighted by Gasteiger charge is -2.44. The number of nitrogens with zero attached hydrogens (tertiary/aromatic N) is 12. The van der Waals surface area contributed by atoms with Gasteiger partial charge in [-0.1, -0.05) is 13.8 Å². The van der Waals surface area contributed by atoms with E-state index in [0.717, 1.165) is 40.1 Å². The lowest BCUT2D eigenvalue weighted by atomic mass is 10.1. The van der Waals surface area contributed by atoms with Crippen LogP contribution in [-0.2, 0) is 14.4 Å². The number of hydrogen-bond donors (Lipinski definition) is 6. The second-order valence-corrected chi connectivity index (χ2v) is 17.8.